The van der Waals surface area contributed by atoms with Crippen molar-refractivity contribution in [1.82, 2.24) is 10.6 Å². The van der Waals surface area contributed by atoms with E-state index in [1.807, 2.05) is 18.2 Å². The minimum Gasteiger partial charge on any atom is -0.454 e. The first-order valence-corrected chi connectivity index (χ1v) is 7.09. The van der Waals surface area contributed by atoms with Crippen LogP contribution in [0.15, 0.2) is 18.2 Å². The fourth-order valence-electron chi connectivity index (χ4n) is 2.74. The van der Waals surface area contributed by atoms with Crippen molar-refractivity contribution in [3.63, 3.8) is 0 Å². The number of carbonyl (C=O) groups excluding carboxylic acids is 1. The summed E-state index contributed by atoms with van der Waals surface area (Å²) in [5, 5.41) is 6.31. The van der Waals surface area contributed by atoms with E-state index >= 15 is 0 Å². The van der Waals surface area contributed by atoms with Crippen LogP contribution in [-0.2, 0) is 11.3 Å². The van der Waals surface area contributed by atoms with Gasteiger partial charge in [0.2, 0.25) is 12.7 Å². The van der Waals surface area contributed by atoms with E-state index in [2.05, 4.69) is 17.6 Å². The van der Waals surface area contributed by atoms with Gasteiger partial charge >= 0.3 is 0 Å². The van der Waals surface area contributed by atoms with Crippen LogP contribution in [0.5, 0.6) is 11.5 Å². The average molecular weight is 276 g/mol. The Morgan fingerprint density at radius 3 is 3.05 bits per heavy atom. The lowest BCUT2D eigenvalue weighted by atomic mass is 9.91. The summed E-state index contributed by atoms with van der Waals surface area (Å²) in [7, 11) is 0. The van der Waals surface area contributed by atoms with Crippen molar-refractivity contribution in [3.05, 3.63) is 23.8 Å². The molecule has 3 rings (SSSR count). The molecule has 2 unspecified atom stereocenters. The van der Waals surface area contributed by atoms with E-state index in [4.69, 9.17) is 9.47 Å². The van der Waals surface area contributed by atoms with Crippen molar-refractivity contribution in [2.45, 2.75) is 19.9 Å². The molecular formula is C15H20N2O3. The van der Waals surface area contributed by atoms with Gasteiger partial charge < -0.3 is 20.1 Å². The van der Waals surface area contributed by atoms with Gasteiger partial charge in [0.15, 0.2) is 11.5 Å². The van der Waals surface area contributed by atoms with Gasteiger partial charge in [-0.2, -0.15) is 0 Å². The van der Waals surface area contributed by atoms with Gasteiger partial charge in [0.1, 0.15) is 0 Å². The maximum Gasteiger partial charge on any atom is 0.231 e. The van der Waals surface area contributed by atoms with Crippen molar-refractivity contribution in [2.24, 2.45) is 11.8 Å². The van der Waals surface area contributed by atoms with Crippen molar-refractivity contribution in [2.75, 3.05) is 19.9 Å². The van der Waals surface area contributed by atoms with Crippen LogP contribution < -0.4 is 20.1 Å². The zero-order valence-electron chi connectivity index (χ0n) is 11.6. The van der Waals surface area contributed by atoms with Crippen molar-refractivity contribution < 1.29 is 14.3 Å². The molecule has 0 spiro atoms. The monoisotopic (exact) mass is 276 g/mol. The number of ether oxygens (including phenoxy) is 2. The Morgan fingerprint density at radius 2 is 2.20 bits per heavy atom. The summed E-state index contributed by atoms with van der Waals surface area (Å²) in [5.41, 5.74) is 1.03. The summed E-state index contributed by atoms with van der Waals surface area (Å²) >= 11 is 0. The first kappa shape index (κ1) is 13.2. The van der Waals surface area contributed by atoms with Crippen molar-refractivity contribution in [3.8, 4) is 11.5 Å². The summed E-state index contributed by atoms with van der Waals surface area (Å²) in [6.45, 7) is 4.75. The molecule has 0 saturated carbocycles. The number of amides is 1. The topological polar surface area (TPSA) is 59.6 Å². The molecule has 1 aromatic carbocycles. The lowest BCUT2D eigenvalue weighted by molar-refractivity contribution is -0.126. The Kier molecular flexibility index (Phi) is 3.78. The molecule has 0 bridgehead atoms. The van der Waals surface area contributed by atoms with E-state index < -0.39 is 0 Å². The summed E-state index contributed by atoms with van der Waals surface area (Å²) < 4.78 is 10.6. The second-order valence-electron chi connectivity index (χ2n) is 5.60. The molecule has 0 aromatic heterocycles. The van der Waals surface area contributed by atoms with Gasteiger partial charge in [-0.1, -0.05) is 13.0 Å². The molecule has 2 N–H and O–H groups in total. The zero-order valence-corrected chi connectivity index (χ0v) is 11.6. The molecule has 1 amide bonds. The highest BCUT2D eigenvalue weighted by atomic mass is 16.7. The third-order valence-electron chi connectivity index (χ3n) is 3.84. The standard InChI is InChI=1S/C15H20N2O3/c1-10-4-12(8-16-6-10)15(18)17-7-11-2-3-13-14(5-11)20-9-19-13/h2-3,5,10,12,16H,4,6-9H2,1H3,(H,17,18). The summed E-state index contributed by atoms with van der Waals surface area (Å²) in [6, 6.07) is 5.76. The highest BCUT2D eigenvalue weighted by Gasteiger charge is 2.24. The normalized spacial score (nSPS) is 24.4. The fraction of sp³-hybridized carbons (Fsp3) is 0.533. The largest absolute Gasteiger partial charge is 0.454 e. The maximum absolute atomic E-state index is 12.1. The number of hydrogen-bond donors (Lipinski definition) is 2. The Balaban J connectivity index is 1.55. The highest BCUT2D eigenvalue weighted by molar-refractivity contribution is 5.79. The van der Waals surface area contributed by atoms with E-state index in [-0.39, 0.29) is 18.6 Å². The first-order valence-electron chi connectivity index (χ1n) is 7.09. The van der Waals surface area contributed by atoms with Gasteiger partial charge in [-0.25, -0.2) is 0 Å². The molecule has 5 heteroatoms. The van der Waals surface area contributed by atoms with Gasteiger partial charge in [0, 0.05) is 13.1 Å². The van der Waals surface area contributed by atoms with Crippen LogP contribution in [0.4, 0.5) is 0 Å². The number of benzene rings is 1. The van der Waals surface area contributed by atoms with E-state index in [0.29, 0.717) is 12.5 Å². The lowest BCUT2D eigenvalue weighted by Gasteiger charge is -2.26. The smallest absolute Gasteiger partial charge is 0.231 e. The molecule has 2 aliphatic rings. The van der Waals surface area contributed by atoms with Gasteiger partial charge in [-0.3, -0.25) is 4.79 Å². The molecule has 2 aliphatic heterocycles. The third kappa shape index (κ3) is 2.88. The quantitative estimate of drug-likeness (QED) is 0.873. The average Bonchev–Trinajstić information content (AvgIpc) is 2.92. The number of nitrogens with one attached hydrogen (secondary N) is 2. The van der Waals surface area contributed by atoms with Gasteiger partial charge in [-0.05, 0) is 36.6 Å². The number of hydrogen-bond acceptors (Lipinski definition) is 4. The predicted molar refractivity (Wildman–Crippen MR) is 74.6 cm³/mol. The SMILES string of the molecule is CC1CNCC(C(=O)NCc2ccc3c(c2)OCO3)C1. The minimum absolute atomic E-state index is 0.0766. The van der Waals surface area contributed by atoms with Crippen LogP contribution in [0.3, 0.4) is 0 Å². The molecular weight excluding hydrogens is 256 g/mol. The van der Waals surface area contributed by atoms with Crippen molar-refractivity contribution in [1.29, 1.82) is 0 Å². The second-order valence-corrected chi connectivity index (χ2v) is 5.60. The van der Waals surface area contributed by atoms with E-state index in [9.17, 15) is 4.79 Å². The minimum atomic E-state index is 0.0766. The Hall–Kier alpha value is -1.75. The molecule has 108 valence electrons. The molecule has 5 nitrogen and oxygen atoms in total. The van der Waals surface area contributed by atoms with Gasteiger partial charge in [0.05, 0.1) is 5.92 Å². The number of rotatable bonds is 3. The summed E-state index contributed by atoms with van der Waals surface area (Å²) in [6.07, 6.45) is 0.958. The fourth-order valence-corrected chi connectivity index (χ4v) is 2.74. The Labute approximate surface area is 118 Å². The molecule has 1 aromatic rings. The lowest BCUT2D eigenvalue weighted by Crippen LogP contribution is -2.43. The first-order chi connectivity index (χ1) is 9.72. The second kappa shape index (κ2) is 5.71. The molecule has 1 fully saturated rings. The zero-order chi connectivity index (χ0) is 13.9. The predicted octanol–water partition coefficient (Wildman–Crippen LogP) is 1.28. The Morgan fingerprint density at radius 1 is 1.35 bits per heavy atom. The summed E-state index contributed by atoms with van der Waals surface area (Å²) in [4.78, 5) is 12.1. The highest BCUT2D eigenvalue weighted by Crippen LogP contribution is 2.32. The van der Waals surface area contributed by atoms with Crippen LogP contribution in [0, 0.1) is 11.8 Å². The number of carbonyl (C=O) groups is 1. The molecule has 2 atom stereocenters. The Bertz CT molecular complexity index is 504. The van der Waals surface area contributed by atoms with Crippen LogP contribution in [0.2, 0.25) is 0 Å². The van der Waals surface area contributed by atoms with Crippen LogP contribution in [0.1, 0.15) is 18.9 Å². The third-order valence-corrected chi connectivity index (χ3v) is 3.84. The van der Waals surface area contributed by atoms with E-state index in [1.165, 1.54) is 0 Å². The van der Waals surface area contributed by atoms with Crippen LogP contribution in [-0.4, -0.2) is 25.8 Å². The van der Waals surface area contributed by atoms with E-state index in [1.54, 1.807) is 0 Å². The van der Waals surface area contributed by atoms with Gasteiger partial charge in [0.25, 0.3) is 0 Å². The van der Waals surface area contributed by atoms with Crippen LogP contribution >= 0.6 is 0 Å². The maximum atomic E-state index is 12.1. The molecule has 0 radical (unpaired) electrons. The molecule has 20 heavy (non-hydrogen) atoms. The number of fused-ring (bicyclic) bond motifs is 1. The molecule has 2 heterocycles. The molecule has 1 saturated heterocycles. The van der Waals surface area contributed by atoms with Gasteiger partial charge in [-0.15, -0.1) is 0 Å². The van der Waals surface area contributed by atoms with E-state index in [0.717, 1.165) is 36.6 Å². The van der Waals surface area contributed by atoms with Crippen LogP contribution in [0.25, 0.3) is 0 Å². The molecule has 0 aliphatic carbocycles. The van der Waals surface area contributed by atoms with Crippen molar-refractivity contribution >= 4 is 5.91 Å². The summed E-state index contributed by atoms with van der Waals surface area (Å²) in [5.74, 6) is 2.29. The number of piperidine rings is 1.